The summed E-state index contributed by atoms with van der Waals surface area (Å²) in [6.07, 6.45) is 5.69. The molecule has 11 heteroatoms. The molecule has 0 radical (unpaired) electrons. The summed E-state index contributed by atoms with van der Waals surface area (Å²) in [7, 11) is 1.80. The predicted octanol–water partition coefficient (Wildman–Crippen LogP) is 2.86. The summed E-state index contributed by atoms with van der Waals surface area (Å²) in [5.41, 5.74) is 2.61. The number of rotatable bonds is 10. The standard InChI is InChI=1S/C25H32N8O3/c1-26-20-5-2-3-6-21(20)30-23(34)22-8-7-19(17-29-22)18-33(25(35)31-24-27-9-10-28-24)12-4-11-32-13-15-36-16-14-32/h2-3,5-10,17,26H,4,11-16,18H2,1H3,(H,30,34)(H2,27,28,31,35). The number of benzene rings is 1. The first-order valence-corrected chi connectivity index (χ1v) is 12.0. The van der Waals surface area contributed by atoms with Crippen molar-refractivity contribution in [2.45, 2.75) is 13.0 Å². The van der Waals surface area contributed by atoms with Crippen LogP contribution in [0.4, 0.5) is 22.1 Å². The van der Waals surface area contributed by atoms with E-state index in [-0.39, 0.29) is 11.9 Å². The van der Waals surface area contributed by atoms with Crippen molar-refractivity contribution < 1.29 is 14.3 Å². The third kappa shape index (κ3) is 7.03. The second-order valence-corrected chi connectivity index (χ2v) is 8.40. The number of aromatic amines is 1. The van der Waals surface area contributed by atoms with Crippen LogP contribution in [0.3, 0.4) is 0 Å². The van der Waals surface area contributed by atoms with Gasteiger partial charge in [-0.15, -0.1) is 0 Å². The van der Waals surface area contributed by atoms with Gasteiger partial charge in [0.25, 0.3) is 5.91 Å². The second kappa shape index (κ2) is 12.7. The van der Waals surface area contributed by atoms with Crippen molar-refractivity contribution in [1.29, 1.82) is 0 Å². The number of pyridine rings is 1. The Balaban J connectivity index is 1.38. The molecule has 190 valence electrons. The number of urea groups is 1. The molecule has 0 spiro atoms. The number of hydrogen-bond acceptors (Lipinski definition) is 7. The molecule has 0 atom stereocenters. The Bertz CT molecular complexity index is 1110. The Labute approximate surface area is 210 Å². The highest BCUT2D eigenvalue weighted by molar-refractivity contribution is 6.04. The highest BCUT2D eigenvalue weighted by Gasteiger charge is 2.18. The normalized spacial score (nSPS) is 13.7. The lowest BCUT2D eigenvalue weighted by molar-refractivity contribution is 0.0365. The number of hydrogen-bond donors (Lipinski definition) is 4. The zero-order chi connectivity index (χ0) is 25.2. The lowest BCUT2D eigenvalue weighted by Gasteiger charge is -2.28. The Morgan fingerprint density at radius 2 is 1.89 bits per heavy atom. The largest absolute Gasteiger partial charge is 0.386 e. The SMILES string of the molecule is CNc1ccccc1NC(=O)c1ccc(CN(CCCN2CCOCC2)C(=O)Nc2ncc[nH]2)cn1. The molecule has 4 rings (SSSR count). The third-order valence-electron chi connectivity index (χ3n) is 5.89. The van der Waals surface area contributed by atoms with E-state index in [0.717, 1.165) is 50.5 Å². The molecule has 1 aromatic carbocycles. The number of imidazole rings is 1. The van der Waals surface area contributed by atoms with Crippen LogP contribution in [-0.4, -0.2) is 83.1 Å². The molecule has 3 amide bonds. The Hall–Kier alpha value is -3.96. The van der Waals surface area contributed by atoms with E-state index < -0.39 is 0 Å². The van der Waals surface area contributed by atoms with Crippen LogP contribution in [-0.2, 0) is 11.3 Å². The van der Waals surface area contributed by atoms with Crippen molar-refractivity contribution in [3.63, 3.8) is 0 Å². The van der Waals surface area contributed by atoms with Crippen LogP contribution in [0.5, 0.6) is 0 Å². The number of ether oxygens (including phenoxy) is 1. The van der Waals surface area contributed by atoms with E-state index in [9.17, 15) is 9.59 Å². The lowest BCUT2D eigenvalue weighted by Crippen LogP contribution is -2.40. The van der Waals surface area contributed by atoms with Gasteiger partial charge in [-0.25, -0.2) is 9.78 Å². The number of anilines is 3. The first kappa shape index (κ1) is 25.1. The average Bonchev–Trinajstić information content (AvgIpc) is 3.42. The lowest BCUT2D eigenvalue weighted by atomic mass is 10.2. The van der Waals surface area contributed by atoms with Crippen LogP contribution in [0.2, 0.25) is 0 Å². The summed E-state index contributed by atoms with van der Waals surface area (Å²) in [5, 5.41) is 8.72. The van der Waals surface area contributed by atoms with Crippen LogP contribution in [0, 0.1) is 0 Å². The van der Waals surface area contributed by atoms with E-state index in [2.05, 4.69) is 35.8 Å². The van der Waals surface area contributed by atoms with Gasteiger partial charge in [-0.2, -0.15) is 0 Å². The summed E-state index contributed by atoms with van der Waals surface area (Å²) < 4.78 is 5.41. The van der Waals surface area contributed by atoms with Crippen LogP contribution in [0.1, 0.15) is 22.5 Å². The number of nitrogens with one attached hydrogen (secondary N) is 4. The van der Waals surface area contributed by atoms with Gasteiger partial charge in [0.2, 0.25) is 5.95 Å². The van der Waals surface area contributed by atoms with Crippen molar-refractivity contribution in [3.8, 4) is 0 Å². The maximum atomic E-state index is 13.0. The Morgan fingerprint density at radius 3 is 2.58 bits per heavy atom. The van der Waals surface area contributed by atoms with Crippen molar-refractivity contribution in [2.24, 2.45) is 0 Å². The minimum absolute atomic E-state index is 0.252. The van der Waals surface area contributed by atoms with Gasteiger partial charge in [0.05, 0.1) is 24.6 Å². The van der Waals surface area contributed by atoms with E-state index in [0.29, 0.717) is 30.4 Å². The first-order valence-electron chi connectivity index (χ1n) is 12.0. The molecular weight excluding hydrogens is 460 g/mol. The molecule has 1 aliphatic heterocycles. The van der Waals surface area contributed by atoms with Gasteiger partial charge in [0.1, 0.15) is 5.69 Å². The van der Waals surface area contributed by atoms with Gasteiger partial charge >= 0.3 is 6.03 Å². The molecule has 1 fully saturated rings. The van der Waals surface area contributed by atoms with Gasteiger partial charge in [0, 0.05) is 58.4 Å². The average molecular weight is 493 g/mol. The summed E-state index contributed by atoms with van der Waals surface area (Å²) in [6, 6.07) is 10.7. The van der Waals surface area contributed by atoms with E-state index >= 15 is 0 Å². The van der Waals surface area contributed by atoms with Gasteiger partial charge in [-0.3, -0.25) is 20.0 Å². The number of carbonyl (C=O) groups is 2. The molecule has 0 bridgehead atoms. The fraction of sp³-hybridized carbons (Fsp3) is 0.360. The maximum Gasteiger partial charge on any atom is 0.324 e. The molecule has 11 nitrogen and oxygen atoms in total. The summed E-state index contributed by atoms with van der Waals surface area (Å²) >= 11 is 0. The van der Waals surface area contributed by atoms with Crippen molar-refractivity contribution in [2.75, 3.05) is 62.4 Å². The molecule has 3 aromatic rings. The second-order valence-electron chi connectivity index (χ2n) is 8.40. The van der Waals surface area contributed by atoms with Crippen molar-refractivity contribution in [1.82, 2.24) is 24.8 Å². The monoisotopic (exact) mass is 492 g/mol. The zero-order valence-electron chi connectivity index (χ0n) is 20.4. The fourth-order valence-corrected chi connectivity index (χ4v) is 3.95. The molecule has 3 heterocycles. The molecule has 0 unspecified atom stereocenters. The third-order valence-corrected chi connectivity index (χ3v) is 5.89. The van der Waals surface area contributed by atoms with Gasteiger partial charge < -0.3 is 25.3 Å². The molecule has 2 aromatic heterocycles. The minimum atomic E-state index is -0.304. The molecule has 0 aliphatic carbocycles. The number of para-hydroxylation sites is 2. The smallest absolute Gasteiger partial charge is 0.324 e. The minimum Gasteiger partial charge on any atom is -0.386 e. The van der Waals surface area contributed by atoms with Gasteiger partial charge in [-0.05, 0) is 30.2 Å². The molecule has 36 heavy (non-hydrogen) atoms. The van der Waals surface area contributed by atoms with Gasteiger partial charge in [0.15, 0.2) is 0 Å². The summed E-state index contributed by atoms with van der Waals surface area (Å²) in [4.78, 5) is 41.0. The van der Waals surface area contributed by atoms with Crippen LogP contribution >= 0.6 is 0 Å². The van der Waals surface area contributed by atoms with E-state index in [1.165, 1.54) is 0 Å². The zero-order valence-corrected chi connectivity index (χ0v) is 20.4. The van der Waals surface area contributed by atoms with Crippen LogP contribution < -0.4 is 16.0 Å². The topological polar surface area (TPSA) is 128 Å². The highest BCUT2D eigenvalue weighted by Crippen LogP contribution is 2.20. The quantitative estimate of drug-likeness (QED) is 0.343. The molecular formula is C25H32N8O3. The van der Waals surface area contributed by atoms with Crippen molar-refractivity contribution >= 4 is 29.3 Å². The maximum absolute atomic E-state index is 13.0. The number of aromatic nitrogens is 3. The van der Waals surface area contributed by atoms with E-state index in [1.54, 1.807) is 36.6 Å². The molecule has 4 N–H and O–H groups in total. The first-order chi connectivity index (χ1) is 17.6. The molecule has 1 aliphatic rings. The molecule has 0 saturated carbocycles. The number of nitrogens with zero attached hydrogens (tertiary/aromatic N) is 4. The predicted molar refractivity (Wildman–Crippen MR) is 138 cm³/mol. The van der Waals surface area contributed by atoms with E-state index in [1.807, 2.05) is 30.3 Å². The number of carbonyl (C=O) groups excluding carboxylic acids is 2. The number of H-pyrrole nitrogens is 1. The number of morpholine rings is 1. The van der Waals surface area contributed by atoms with E-state index in [4.69, 9.17) is 4.74 Å². The van der Waals surface area contributed by atoms with Crippen LogP contribution in [0.25, 0.3) is 0 Å². The Kier molecular flexibility index (Phi) is 8.84. The Morgan fingerprint density at radius 1 is 1.08 bits per heavy atom. The molecule has 1 saturated heterocycles. The fourth-order valence-electron chi connectivity index (χ4n) is 3.95. The van der Waals surface area contributed by atoms with Crippen LogP contribution in [0.15, 0.2) is 55.0 Å². The summed E-state index contributed by atoms with van der Waals surface area (Å²) in [6.45, 7) is 5.11. The van der Waals surface area contributed by atoms with Gasteiger partial charge in [-0.1, -0.05) is 18.2 Å². The van der Waals surface area contributed by atoms with Crippen molar-refractivity contribution in [3.05, 3.63) is 66.2 Å². The highest BCUT2D eigenvalue weighted by atomic mass is 16.5. The summed E-state index contributed by atoms with van der Waals surface area (Å²) in [5.74, 6) is 0.0901. The number of amides is 3.